The molecule has 7 aromatic carbocycles. The van der Waals surface area contributed by atoms with Crippen LogP contribution in [0.1, 0.15) is 0 Å². The average Bonchev–Trinajstić information content (AvgIpc) is 3.60. The second kappa shape index (κ2) is 13.8. The summed E-state index contributed by atoms with van der Waals surface area (Å²) in [6.07, 6.45) is 3.66. The summed E-state index contributed by atoms with van der Waals surface area (Å²) in [6.45, 7) is 0. The zero-order chi connectivity index (χ0) is 36.6. The summed E-state index contributed by atoms with van der Waals surface area (Å²) in [5.74, 6) is 1.89. The van der Waals surface area contributed by atoms with E-state index in [1.165, 1.54) is 32.9 Å². The Morgan fingerprint density at radius 2 is 0.691 bits per heavy atom. The number of fused-ring (bicyclic) bond motifs is 3. The Balaban J connectivity index is 1.05. The van der Waals surface area contributed by atoms with Crippen LogP contribution in [-0.4, -0.2) is 24.5 Å². The molecule has 0 unspecified atom stereocenters. The number of aromatic nitrogens is 5. The van der Waals surface area contributed by atoms with Crippen molar-refractivity contribution in [1.29, 1.82) is 0 Å². The quantitative estimate of drug-likeness (QED) is 0.166. The van der Waals surface area contributed by atoms with Gasteiger partial charge < -0.3 is 4.57 Å². The molecule has 0 fully saturated rings. The first-order valence-electron chi connectivity index (χ1n) is 18.4. The molecule has 258 valence electrons. The number of hydrogen-bond donors (Lipinski definition) is 0. The Kier molecular flexibility index (Phi) is 8.08. The van der Waals surface area contributed by atoms with E-state index in [9.17, 15) is 0 Å². The maximum Gasteiger partial charge on any atom is 0.164 e. The van der Waals surface area contributed by atoms with Crippen molar-refractivity contribution in [1.82, 2.24) is 24.5 Å². The number of pyridine rings is 1. The van der Waals surface area contributed by atoms with E-state index in [0.717, 1.165) is 44.6 Å². The molecule has 0 radical (unpaired) electrons. The fourth-order valence-corrected chi connectivity index (χ4v) is 7.38. The number of benzene rings is 7. The lowest BCUT2D eigenvalue weighted by Crippen LogP contribution is -2.00. The molecular formula is C50H33N5. The molecule has 3 heterocycles. The zero-order valence-electron chi connectivity index (χ0n) is 29.8. The van der Waals surface area contributed by atoms with Gasteiger partial charge in [0.2, 0.25) is 0 Å². The lowest BCUT2D eigenvalue weighted by molar-refractivity contribution is 1.07. The molecule has 0 aliphatic rings. The first-order valence-corrected chi connectivity index (χ1v) is 18.4. The van der Waals surface area contributed by atoms with E-state index in [2.05, 4.69) is 161 Å². The predicted octanol–water partition coefficient (Wildman–Crippen LogP) is 12.4. The third-order valence-corrected chi connectivity index (χ3v) is 10.2. The van der Waals surface area contributed by atoms with Gasteiger partial charge in [0, 0.05) is 45.5 Å². The van der Waals surface area contributed by atoms with Crippen LogP contribution < -0.4 is 0 Å². The third kappa shape index (κ3) is 6.14. The summed E-state index contributed by atoms with van der Waals surface area (Å²) in [5.41, 5.74) is 13.1. The summed E-state index contributed by atoms with van der Waals surface area (Å²) in [6, 6.07) is 65.7. The van der Waals surface area contributed by atoms with Gasteiger partial charge >= 0.3 is 0 Å². The van der Waals surface area contributed by atoms with Crippen molar-refractivity contribution in [2.75, 3.05) is 0 Å². The van der Waals surface area contributed by atoms with Crippen LogP contribution in [0, 0.1) is 0 Å². The van der Waals surface area contributed by atoms with Gasteiger partial charge in [-0.15, -0.1) is 0 Å². The van der Waals surface area contributed by atoms with Crippen LogP contribution in [0.4, 0.5) is 0 Å². The maximum absolute atomic E-state index is 5.01. The lowest BCUT2D eigenvalue weighted by atomic mass is 9.99. The van der Waals surface area contributed by atoms with E-state index in [1.807, 2.05) is 42.6 Å². The van der Waals surface area contributed by atoms with Crippen LogP contribution in [0.3, 0.4) is 0 Å². The molecule has 0 saturated carbocycles. The first kappa shape index (κ1) is 32.2. The van der Waals surface area contributed by atoms with Crippen molar-refractivity contribution in [3.05, 3.63) is 200 Å². The fourth-order valence-electron chi connectivity index (χ4n) is 7.38. The minimum atomic E-state index is 0.626. The van der Waals surface area contributed by atoms with Crippen molar-refractivity contribution in [2.24, 2.45) is 0 Å². The summed E-state index contributed by atoms with van der Waals surface area (Å²) in [7, 11) is 0. The zero-order valence-corrected chi connectivity index (χ0v) is 29.8. The highest BCUT2D eigenvalue weighted by atomic mass is 15.0. The lowest BCUT2D eigenvalue weighted by Gasteiger charge is -2.10. The summed E-state index contributed by atoms with van der Waals surface area (Å²) >= 11 is 0. The Hall–Kier alpha value is -7.50. The fraction of sp³-hybridized carbons (Fsp3) is 0. The van der Waals surface area contributed by atoms with Gasteiger partial charge in [0.05, 0.1) is 11.0 Å². The molecule has 0 aliphatic carbocycles. The number of rotatable bonds is 7. The predicted molar refractivity (Wildman–Crippen MR) is 225 cm³/mol. The van der Waals surface area contributed by atoms with Gasteiger partial charge in [0.15, 0.2) is 17.5 Å². The Morgan fingerprint density at radius 3 is 1.18 bits per heavy atom. The van der Waals surface area contributed by atoms with Crippen LogP contribution in [-0.2, 0) is 0 Å². The van der Waals surface area contributed by atoms with Gasteiger partial charge in [0.25, 0.3) is 0 Å². The van der Waals surface area contributed by atoms with Gasteiger partial charge in [-0.2, -0.15) is 0 Å². The number of nitrogens with zero attached hydrogens (tertiary/aromatic N) is 5. The minimum absolute atomic E-state index is 0.626. The summed E-state index contributed by atoms with van der Waals surface area (Å²) in [4.78, 5) is 19.2. The molecule has 0 spiro atoms. The number of para-hydroxylation sites is 1. The van der Waals surface area contributed by atoms with Gasteiger partial charge in [-0.05, 0) is 75.8 Å². The van der Waals surface area contributed by atoms with Crippen LogP contribution in [0.2, 0.25) is 0 Å². The highest BCUT2D eigenvalue weighted by Crippen LogP contribution is 2.37. The molecule has 0 amide bonds. The Bertz CT molecular complexity index is 2920. The molecular weight excluding hydrogens is 671 g/mol. The van der Waals surface area contributed by atoms with Gasteiger partial charge in [0.1, 0.15) is 0 Å². The maximum atomic E-state index is 5.01. The van der Waals surface area contributed by atoms with E-state index < -0.39 is 0 Å². The number of hydrogen-bond acceptors (Lipinski definition) is 4. The van der Waals surface area contributed by atoms with Gasteiger partial charge in [-0.3, -0.25) is 4.98 Å². The third-order valence-electron chi connectivity index (χ3n) is 10.2. The molecule has 0 N–H and O–H groups in total. The van der Waals surface area contributed by atoms with Gasteiger partial charge in [-0.25, -0.2) is 15.0 Å². The molecule has 10 rings (SSSR count). The first-order chi connectivity index (χ1) is 27.2. The molecule has 10 aromatic rings. The van der Waals surface area contributed by atoms with Crippen molar-refractivity contribution in [2.45, 2.75) is 0 Å². The molecule has 5 heteroatoms. The van der Waals surface area contributed by atoms with Crippen LogP contribution in [0.25, 0.3) is 95.0 Å². The monoisotopic (exact) mass is 703 g/mol. The average molecular weight is 704 g/mol. The smallest absolute Gasteiger partial charge is 0.164 e. The van der Waals surface area contributed by atoms with Crippen LogP contribution in [0.5, 0.6) is 0 Å². The standard InChI is InChI=1S/C50H33N5/c1-4-11-34(12-5-1)40-26-28-46-44(31-40)45-32-41(27-29-47(45)55(46)43-16-8-3-9-17-43)35-18-22-38(23-19-35)49-52-48(37-13-6-2-7-14-37)53-50(54-49)39-24-20-36(21-25-39)42-15-10-30-51-33-42/h1-33H. The van der Waals surface area contributed by atoms with Crippen molar-refractivity contribution >= 4 is 21.8 Å². The molecule has 5 nitrogen and oxygen atoms in total. The molecule has 0 aliphatic heterocycles. The summed E-state index contributed by atoms with van der Waals surface area (Å²) < 4.78 is 2.36. The molecule has 3 aromatic heterocycles. The molecule has 55 heavy (non-hydrogen) atoms. The van der Waals surface area contributed by atoms with E-state index in [4.69, 9.17) is 15.0 Å². The van der Waals surface area contributed by atoms with Crippen LogP contribution in [0.15, 0.2) is 200 Å². The van der Waals surface area contributed by atoms with E-state index in [-0.39, 0.29) is 0 Å². The second-order valence-electron chi connectivity index (χ2n) is 13.6. The van der Waals surface area contributed by atoms with E-state index in [0.29, 0.717) is 17.5 Å². The SMILES string of the molecule is c1ccc(-c2ccc3c(c2)c2cc(-c4ccc(-c5nc(-c6ccccc6)nc(-c6ccc(-c7cccnc7)cc6)n5)cc4)ccc2n3-c2ccccc2)cc1. The Morgan fingerprint density at radius 1 is 0.309 bits per heavy atom. The largest absolute Gasteiger partial charge is 0.309 e. The highest BCUT2D eigenvalue weighted by molar-refractivity contribution is 6.11. The normalized spacial score (nSPS) is 11.3. The highest BCUT2D eigenvalue weighted by Gasteiger charge is 2.16. The van der Waals surface area contributed by atoms with Crippen molar-refractivity contribution in [3.8, 4) is 73.2 Å². The molecule has 0 saturated heterocycles. The van der Waals surface area contributed by atoms with Crippen molar-refractivity contribution < 1.29 is 0 Å². The van der Waals surface area contributed by atoms with Crippen LogP contribution >= 0.6 is 0 Å². The Labute approximate surface area is 318 Å². The minimum Gasteiger partial charge on any atom is -0.309 e. The summed E-state index contributed by atoms with van der Waals surface area (Å²) in [5, 5.41) is 2.43. The van der Waals surface area contributed by atoms with E-state index >= 15 is 0 Å². The van der Waals surface area contributed by atoms with Gasteiger partial charge in [-0.1, -0.05) is 146 Å². The van der Waals surface area contributed by atoms with Crippen molar-refractivity contribution in [3.63, 3.8) is 0 Å². The topological polar surface area (TPSA) is 56.5 Å². The van der Waals surface area contributed by atoms with E-state index in [1.54, 1.807) is 6.20 Å². The second-order valence-corrected chi connectivity index (χ2v) is 13.6. The molecule has 0 atom stereocenters. The molecule has 0 bridgehead atoms.